The number of hydrogen-bond donors (Lipinski definition) is 2. The summed E-state index contributed by atoms with van der Waals surface area (Å²) in [4.78, 5) is 12.6. The second-order valence-corrected chi connectivity index (χ2v) is 8.35. The van der Waals surface area contributed by atoms with Crippen LogP contribution in [0.1, 0.15) is 47.1 Å². The lowest BCUT2D eigenvalue weighted by Gasteiger charge is -2.34. The van der Waals surface area contributed by atoms with Crippen molar-refractivity contribution < 1.29 is 4.79 Å². The molecule has 1 fully saturated rings. The summed E-state index contributed by atoms with van der Waals surface area (Å²) in [5.74, 6) is 1.70. The van der Waals surface area contributed by atoms with Gasteiger partial charge in [-0.2, -0.15) is 5.10 Å². The van der Waals surface area contributed by atoms with E-state index in [4.69, 9.17) is 0 Å². The van der Waals surface area contributed by atoms with Gasteiger partial charge in [-0.15, -0.1) is 0 Å². The second kappa shape index (κ2) is 7.79. The zero-order chi connectivity index (χ0) is 20.5. The van der Waals surface area contributed by atoms with Gasteiger partial charge in [-0.3, -0.25) is 9.89 Å². The van der Waals surface area contributed by atoms with Crippen LogP contribution in [0.4, 0.5) is 5.82 Å². The predicted molar refractivity (Wildman–Crippen MR) is 121 cm³/mol. The van der Waals surface area contributed by atoms with Crippen LogP contribution in [-0.4, -0.2) is 16.1 Å². The smallest absolute Gasteiger partial charge is 0.229 e. The molecule has 30 heavy (non-hydrogen) atoms. The lowest BCUT2D eigenvalue weighted by Crippen LogP contribution is -2.20. The highest BCUT2D eigenvalue weighted by Crippen LogP contribution is 2.47. The van der Waals surface area contributed by atoms with E-state index in [1.165, 1.54) is 11.1 Å². The number of aryl methyl sites for hydroxylation is 1. The fourth-order valence-electron chi connectivity index (χ4n) is 4.39. The normalized spacial score (nSPS) is 18.2. The zero-order valence-corrected chi connectivity index (χ0v) is 17.1. The Balaban J connectivity index is 1.20. The van der Waals surface area contributed by atoms with Crippen molar-refractivity contribution in [3.05, 3.63) is 95.2 Å². The van der Waals surface area contributed by atoms with Crippen molar-refractivity contribution in [2.24, 2.45) is 0 Å². The summed E-state index contributed by atoms with van der Waals surface area (Å²) in [5, 5.41) is 12.7. The summed E-state index contributed by atoms with van der Waals surface area (Å²) in [5.41, 5.74) is 4.78. The summed E-state index contributed by atoms with van der Waals surface area (Å²) >= 11 is 0. The van der Waals surface area contributed by atoms with Crippen molar-refractivity contribution in [1.82, 2.24) is 10.2 Å². The van der Waals surface area contributed by atoms with E-state index in [9.17, 15) is 4.79 Å². The van der Waals surface area contributed by atoms with Crippen molar-refractivity contribution in [2.75, 3.05) is 5.32 Å². The van der Waals surface area contributed by atoms with Crippen molar-refractivity contribution in [2.45, 2.75) is 38.0 Å². The molecule has 4 aromatic rings. The number of fused-ring (bicyclic) bond motifs is 1. The number of aromatic nitrogens is 2. The molecule has 1 aliphatic rings. The van der Waals surface area contributed by atoms with Crippen molar-refractivity contribution in [1.29, 1.82) is 0 Å². The van der Waals surface area contributed by atoms with Crippen LogP contribution in [0.2, 0.25) is 0 Å². The maximum absolute atomic E-state index is 12.6. The standard InChI is InChI=1S/C26H25N3O/c1-17-9-11-18(12-10-17)21-13-22(14-21)24-16-25(29-28-24)27-26(30)15-20-7-4-6-19-5-2-3-8-23(19)20/h2-12,16,21-22H,13-15H2,1H3,(H2,27,28,29,30)/t21-,22+. The van der Waals surface area contributed by atoms with E-state index in [2.05, 4.69) is 64.9 Å². The number of amides is 1. The fourth-order valence-corrected chi connectivity index (χ4v) is 4.39. The van der Waals surface area contributed by atoms with Crippen LogP contribution in [0.3, 0.4) is 0 Å². The van der Waals surface area contributed by atoms with Gasteiger partial charge in [0.1, 0.15) is 5.82 Å². The van der Waals surface area contributed by atoms with E-state index >= 15 is 0 Å². The molecule has 1 saturated carbocycles. The van der Waals surface area contributed by atoms with Crippen LogP contribution in [0.25, 0.3) is 10.8 Å². The van der Waals surface area contributed by atoms with Gasteiger partial charge in [-0.05, 0) is 47.6 Å². The van der Waals surface area contributed by atoms with Crippen LogP contribution >= 0.6 is 0 Å². The first kappa shape index (κ1) is 18.6. The number of carbonyl (C=O) groups is 1. The average molecular weight is 396 g/mol. The third kappa shape index (κ3) is 3.73. The van der Waals surface area contributed by atoms with Crippen molar-refractivity contribution >= 4 is 22.5 Å². The fraction of sp³-hybridized carbons (Fsp3) is 0.231. The topological polar surface area (TPSA) is 57.8 Å². The lowest BCUT2D eigenvalue weighted by molar-refractivity contribution is -0.115. The molecule has 1 amide bonds. The van der Waals surface area contributed by atoms with Gasteiger partial charge in [0.25, 0.3) is 0 Å². The third-order valence-corrected chi connectivity index (χ3v) is 6.21. The van der Waals surface area contributed by atoms with E-state index in [0.29, 0.717) is 24.1 Å². The Morgan fingerprint density at radius 1 is 1.00 bits per heavy atom. The Bertz CT molecular complexity index is 1180. The number of carbonyl (C=O) groups excluding carboxylic acids is 1. The highest BCUT2D eigenvalue weighted by molar-refractivity contribution is 5.95. The quantitative estimate of drug-likeness (QED) is 0.454. The first-order valence-corrected chi connectivity index (χ1v) is 10.5. The maximum atomic E-state index is 12.6. The van der Waals surface area contributed by atoms with Crippen LogP contribution in [-0.2, 0) is 11.2 Å². The lowest BCUT2D eigenvalue weighted by atomic mass is 9.70. The average Bonchev–Trinajstić information content (AvgIpc) is 3.16. The number of rotatable bonds is 5. The van der Waals surface area contributed by atoms with Gasteiger partial charge in [0.2, 0.25) is 5.91 Å². The third-order valence-electron chi connectivity index (χ3n) is 6.21. The number of nitrogens with one attached hydrogen (secondary N) is 2. The number of nitrogens with zero attached hydrogens (tertiary/aromatic N) is 1. The van der Waals surface area contributed by atoms with Gasteiger partial charge in [-0.25, -0.2) is 0 Å². The second-order valence-electron chi connectivity index (χ2n) is 8.35. The predicted octanol–water partition coefficient (Wildman–Crippen LogP) is 5.71. The number of hydrogen-bond acceptors (Lipinski definition) is 2. The Labute approximate surface area is 176 Å². The van der Waals surface area contributed by atoms with Crippen LogP contribution in [0.15, 0.2) is 72.8 Å². The Morgan fingerprint density at radius 3 is 2.60 bits per heavy atom. The molecule has 1 aromatic heterocycles. The summed E-state index contributed by atoms with van der Waals surface area (Å²) in [7, 11) is 0. The van der Waals surface area contributed by atoms with Crippen molar-refractivity contribution in [3.63, 3.8) is 0 Å². The van der Waals surface area contributed by atoms with Crippen LogP contribution in [0, 0.1) is 6.92 Å². The largest absolute Gasteiger partial charge is 0.311 e. The van der Waals surface area contributed by atoms with Gasteiger partial charge in [0, 0.05) is 12.0 Å². The first-order chi connectivity index (χ1) is 14.7. The minimum Gasteiger partial charge on any atom is -0.311 e. The Kier molecular flexibility index (Phi) is 4.83. The molecule has 0 atom stereocenters. The van der Waals surface area contributed by atoms with Gasteiger partial charge >= 0.3 is 0 Å². The number of benzene rings is 3. The summed E-state index contributed by atoms with van der Waals surface area (Å²) < 4.78 is 0. The molecule has 1 aliphatic carbocycles. The summed E-state index contributed by atoms with van der Waals surface area (Å²) in [6.07, 6.45) is 2.56. The molecule has 2 N–H and O–H groups in total. The zero-order valence-electron chi connectivity index (χ0n) is 17.1. The van der Waals surface area contributed by atoms with Crippen molar-refractivity contribution in [3.8, 4) is 0 Å². The highest BCUT2D eigenvalue weighted by Gasteiger charge is 2.33. The number of H-pyrrole nitrogens is 1. The molecule has 0 unspecified atom stereocenters. The van der Waals surface area contributed by atoms with Gasteiger partial charge in [0.15, 0.2) is 0 Å². The minimum atomic E-state index is -0.0345. The molecule has 0 spiro atoms. The number of aromatic amines is 1. The van der Waals surface area contributed by atoms with Crippen LogP contribution < -0.4 is 5.32 Å². The molecule has 5 rings (SSSR count). The molecule has 0 aliphatic heterocycles. The van der Waals surface area contributed by atoms with E-state index in [-0.39, 0.29) is 5.91 Å². The van der Waals surface area contributed by atoms with Gasteiger partial charge in [0.05, 0.1) is 12.1 Å². The SMILES string of the molecule is Cc1ccc([C@H]2C[C@@H](c3cc(NC(=O)Cc4cccc5ccccc45)[nH]n3)C2)cc1. The van der Waals surface area contributed by atoms with Gasteiger partial charge < -0.3 is 5.32 Å². The Hall–Kier alpha value is -3.40. The Morgan fingerprint density at radius 2 is 1.77 bits per heavy atom. The molecule has 150 valence electrons. The van der Waals surface area contributed by atoms with E-state index < -0.39 is 0 Å². The molecule has 0 radical (unpaired) electrons. The number of anilines is 1. The molecule has 4 nitrogen and oxygen atoms in total. The minimum absolute atomic E-state index is 0.0345. The maximum Gasteiger partial charge on any atom is 0.229 e. The summed E-state index contributed by atoms with van der Waals surface area (Å²) in [6.45, 7) is 2.12. The van der Waals surface area contributed by atoms with E-state index in [1.54, 1.807) is 0 Å². The molecule has 0 bridgehead atoms. The van der Waals surface area contributed by atoms with E-state index in [0.717, 1.165) is 34.9 Å². The molecule has 1 heterocycles. The molecular formula is C26H25N3O. The van der Waals surface area contributed by atoms with Crippen LogP contribution in [0.5, 0.6) is 0 Å². The first-order valence-electron chi connectivity index (χ1n) is 10.5. The highest BCUT2D eigenvalue weighted by atomic mass is 16.1. The molecule has 4 heteroatoms. The molecular weight excluding hydrogens is 370 g/mol. The van der Waals surface area contributed by atoms with Gasteiger partial charge in [-0.1, -0.05) is 72.3 Å². The van der Waals surface area contributed by atoms with E-state index in [1.807, 2.05) is 30.3 Å². The monoisotopic (exact) mass is 395 g/mol. The summed E-state index contributed by atoms with van der Waals surface area (Å²) in [6, 6.07) is 25.1. The molecule has 0 saturated heterocycles. The molecule has 3 aromatic carbocycles.